The number of fused-ring (bicyclic) bond motifs is 1. The average molecular weight is 207 g/mol. The van der Waals surface area contributed by atoms with E-state index in [0.29, 0.717) is 5.75 Å². The van der Waals surface area contributed by atoms with Gasteiger partial charge in [0, 0.05) is 12.0 Å². The van der Waals surface area contributed by atoms with Crippen LogP contribution in [0.2, 0.25) is 0 Å². The Bertz CT molecular complexity index is 438. The zero-order valence-electron chi connectivity index (χ0n) is 8.70. The van der Waals surface area contributed by atoms with Gasteiger partial charge >= 0.3 is 0 Å². The SMILES string of the molecule is CC1(C)Cc2ccc(C(N)=O)c(O)c2O1. The van der Waals surface area contributed by atoms with E-state index in [1.165, 1.54) is 6.07 Å². The normalized spacial score (nSPS) is 16.9. The lowest BCUT2D eigenvalue weighted by Crippen LogP contribution is -2.24. The van der Waals surface area contributed by atoms with Crippen LogP contribution in [0.15, 0.2) is 12.1 Å². The maximum atomic E-state index is 11.0. The molecule has 4 heteroatoms. The Labute approximate surface area is 87.7 Å². The number of nitrogens with two attached hydrogens (primary N) is 1. The molecule has 0 bridgehead atoms. The Morgan fingerprint density at radius 3 is 2.80 bits per heavy atom. The van der Waals surface area contributed by atoms with Gasteiger partial charge in [0.1, 0.15) is 5.60 Å². The molecule has 1 aliphatic heterocycles. The molecule has 0 saturated carbocycles. The van der Waals surface area contributed by atoms with Gasteiger partial charge in [0.05, 0.1) is 5.56 Å². The van der Waals surface area contributed by atoms with Gasteiger partial charge in [0.25, 0.3) is 5.91 Å². The third kappa shape index (κ3) is 1.52. The Morgan fingerprint density at radius 1 is 1.53 bits per heavy atom. The molecule has 0 radical (unpaired) electrons. The van der Waals surface area contributed by atoms with E-state index in [4.69, 9.17) is 10.5 Å². The molecule has 0 atom stereocenters. The second-order valence-corrected chi connectivity index (χ2v) is 4.35. The monoisotopic (exact) mass is 207 g/mol. The minimum atomic E-state index is -0.649. The van der Waals surface area contributed by atoms with Crippen molar-refractivity contribution >= 4 is 5.91 Å². The van der Waals surface area contributed by atoms with Gasteiger partial charge in [-0.1, -0.05) is 6.07 Å². The Hall–Kier alpha value is -1.71. The molecule has 2 rings (SSSR count). The number of carbonyl (C=O) groups is 1. The molecule has 0 unspecified atom stereocenters. The maximum Gasteiger partial charge on any atom is 0.252 e. The second-order valence-electron chi connectivity index (χ2n) is 4.35. The van der Waals surface area contributed by atoms with Crippen LogP contribution in [0, 0.1) is 0 Å². The molecular formula is C11H13NO3. The predicted octanol–water partition coefficient (Wildman–Crippen LogP) is 1.20. The minimum Gasteiger partial charge on any atom is -0.504 e. The lowest BCUT2D eigenvalue weighted by atomic mass is 10.0. The zero-order chi connectivity index (χ0) is 11.2. The average Bonchev–Trinajstić information content (AvgIpc) is 2.40. The fourth-order valence-electron chi connectivity index (χ4n) is 1.84. The van der Waals surface area contributed by atoms with Crippen molar-refractivity contribution in [3.63, 3.8) is 0 Å². The molecule has 1 aromatic rings. The standard InChI is InChI=1S/C11H13NO3/c1-11(2)5-6-3-4-7(10(12)14)8(13)9(6)15-11/h3-4,13H,5H2,1-2H3,(H2,12,14). The summed E-state index contributed by atoms with van der Waals surface area (Å²) < 4.78 is 5.56. The van der Waals surface area contributed by atoms with Crippen molar-refractivity contribution in [2.45, 2.75) is 25.9 Å². The van der Waals surface area contributed by atoms with E-state index in [2.05, 4.69) is 0 Å². The number of aromatic hydroxyl groups is 1. The van der Waals surface area contributed by atoms with E-state index in [1.807, 2.05) is 13.8 Å². The molecule has 80 valence electrons. The van der Waals surface area contributed by atoms with Crippen molar-refractivity contribution in [2.24, 2.45) is 5.73 Å². The number of hydrogen-bond donors (Lipinski definition) is 2. The van der Waals surface area contributed by atoms with Crippen LogP contribution < -0.4 is 10.5 Å². The van der Waals surface area contributed by atoms with Gasteiger partial charge in [-0.3, -0.25) is 4.79 Å². The van der Waals surface area contributed by atoms with E-state index < -0.39 is 5.91 Å². The summed E-state index contributed by atoms with van der Waals surface area (Å²) in [5.74, 6) is -0.412. The number of ether oxygens (including phenoxy) is 1. The summed E-state index contributed by atoms with van der Waals surface area (Å²) in [4.78, 5) is 11.0. The molecular weight excluding hydrogens is 194 g/mol. The van der Waals surface area contributed by atoms with Crippen LogP contribution in [0.25, 0.3) is 0 Å². The van der Waals surface area contributed by atoms with Crippen molar-refractivity contribution in [3.05, 3.63) is 23.3 Å². The van der Waals surface area contributed by atoms with Crippen LogP contribution in [0.5, 0.6) is 11.5 Å². The molecule has 3 N–H and O–H groups in total. The highest BCUT2D eigenvalue weighted by atomic mass is 16.5. The number of hydrogen-bond acceptors (Lipinski definition) is 3. The molecule has 15 heavy (non-hydrogen) atoms. The molecule has 0 aromatic heterocycles. The fraction of sp³-hybridized carbons (Fsp3) is 0.364. The van der Waals surface area contributed by atoms with Gasteiger partial charge < -0.3 is 15.6 Å². The molecule has 0 fully saturated rings. The maximum absolute atomic E-state index is 11.0. The lowest BCUT2D eigenvalue weighted by molar-refractivity contribution is 0.0994. The van der Waals surface area contributed by atoms with E-state index in [-0.39, 0.29) is 16.9 Å². The van der Waals surface area contributed by atoms with Crippen LogP contribution in [0.3, 0.4) is 0 Å². The van der Waals surface area contributed by atoms with Gasteiger partial charge in [-0.2, -0.15) is 0 Å². The first-order valence-electron chi connectivity index (χ1n) is 4.74. The quantitative estimate of drug-likeness (QED) is 0.726. The van der Waals surface area contributed by atoms with Crippen LogP contribution in [0.1, 0.15) is 29.8 Å². The molecule has 1 aromatic carbocycles. The van der Waals surface area contributed by atoms with Gasteiger partial charge in [-0.25, -0.2) is 0 Å². The highest BCUT2D eigenvalue weighted by molar-refractivity contribution is 5.96. The first-order chi connectivity index (χ1) is 6.91. The van der Waals surface area contributed by atoms with E-state index in [9.17, 15) is 9.90 Å². The van der Waals surface area contributed by atoms with Crippen molar-refractivity contribution in [3.8, 4) is 11.5 Å². The van der Waals surface area contributed by atoms with Crippen LogP contribution in [-0.2, 0) is 6.42 Å². The van der Waals surface area contributed by atoms with E-state index >= 15 is 0 Å². The fourth-order valence-corrected chi connectivity index (χ4v) is 1.84. The lowest BCUT2D eigenvalue weighted by Gasteiger charge is -2.17. The van der Waals surface area contributed by atoms with Gasteiger partial charge in [-0.15, -0.1) is 0 Å². The topological polar surface area (TPSA) is 72.6 Å². The van der Waals surface area contributed by atoms with E-state index in [1.54, 1.807) is 6.07 Å². The van der Waals surface area contributed by atoms with E-state index in [0.717, 1.165) is 12.0 Å². The van der Waals surface area contributed by atoms with Crippen molar-refractivity contribution in [2.75, 3.05) is 0 Å². The highest BCUT2D eigenvalue weighted by Gasteiger charge is 2.33. The summed E-state index contributed by atoms with van der Waals surface area (Å²) in [6.07, 6.45) is 0.717. The third-order valence-corrected chi connectivity index (χ3v) is 2.47. The number of rotatable bonds is 1. The van der Waals surface area contributed by atoms with Crippen molar-refractivity contribution in [1.82, 2.24) is 0 Å². The molecule has 1 heterocycles. The molecule has 0 spiro atoms. The molecule has 0 saturated heterocycles. The van der Waals surface area contributed by atoms with Gasteiger partial charge in [-0.05, 0) is 19.9 Å². The van der Waals surface area contributed by atoms with Crippen molar-refractivity contribution < 1.29 is 14.6 Å². The Kier molecular flexibility index (Phi) is 1.89. The number of primary amides is 1. The van der Waals surface area contributed by atoms with Crippen LogP contribution >= 0.6 is 0 Å². The largest absolute Gasteiger partial charge is 0.504 e. The minimum absolute atomic E-state index is 0.103. The van der Waals surface area contributed by atoms with Crippen LogP contribution in [-0.4, -0.2) is 16.6 Å². The van der Waals surface area contributed by atoms with Crippen LogP contribution in [0.4, 0.5) is 0 Å². The summed E-state index contributed by atoms with van der Waals surface area (Å²) in [6, 6.07) is 3.30. The summed E-state index contributed by atoms with van der Waals surface area (Å²) in [5.41, 5.74) is 5.79. The molecule has 1 aliphatic rings. The number of amides is 1. The first-order valence-corrected chi connectivity index (χ1v) is 4.74. The molecule has 1 amide bonds. The third-order valence-electron chi connectivity index (χ3n) is 2.47. The van der Waals surface area contributed by atoms with Gasteiger partial charge in [0.2, 0.25) is 0 Å². The Balaban J connectivity index is 2.53. The van der Waals surface area contributed by atoms with Crippen molar-refractivity contribution in [1.29, 1.82) is 0 Å². The summed E-state index contributed by atoms with van der Waals surface area (Å²) in [7, 11) is 0. The summed E-state index contributed by atoms with van der Waals surface area (Å²) >= 11 is 0. The number of phenols is 1. The number of carbonyl (C=O) groups excluding carboxylic acids is 1. The van der Waals surface area contributed by atoms with Gasteiger partial charge in [0.15, 0.2) is 11.5 Å². The second kappa shape index (κ2) is 2.89. The first kappa shape index (κ1) is 9.83. The number of benzene rings is 1. The summed E-state index contributed by atoms with van der Waals surface area (Å²) in [5, 5.41) is 9.79. The Morgan fingerprint density at radius 2 is 2.20 bits per heavy atom. The highest BCUT2D eigenvalue weighted by Crippen LogP contribution is 2.42. The smallest absolute Gasteiger partial charge is 0.252 e. The molecule has 0 aliphatic carbocycles. The predicted molar refractivity (Wildman–Crippen MR) is 55.0 cm³/mol. The summed E-state index contributed by atoms with van der Waals surface area (Å²) in [6.45, 7) is 3.85. The molecule has 4 nitrogen and oxygen atoms in total. The zero-order valence-corrected chi connectivity index (χ0v) is 8.70.